The Bertz CT molecular complexity index is 415. The van der Waals surface area contributed by atoms with Crippen LogP contribution in [0.4, 0.5) is 10.1 Å². The molecule has 1 N–H and O–H groups in total. The van der Waals surface area contributed by atoms with Crippen molar-refractivity contribution < 1.29 is 14.2 Å². The zero-order chi connectivity index (χ0) is 13.8. The molecule has 0 spiro atoms. The van der Waals surface area contributed by atoms with Gasteiger partial charge in [0.1, 0.15) is 5.82 Å². The number of piperidine rings is 1. The summed E-state index contributed by atoms with van der Waals surface area (Å²) >= 11 is 0. The van der Waals surface area contributed by atoms with E-state index in [0.717, 1.165) is 32.5 Å². The van der Waals surface area contributed by atoms with Crippen molar-refractivity contribution >= 4 is 5.69 Å². The molecule has 1 aromatic rings. The average molecular weight is 267 g/mol. The van der Waals surface area contributed by atoms with E-state index in [1.807, 2.05) is 6.92 Å². The van der Waals surface area contributed by atoms with E-state index in [0.29, 0.717) is 17.4 Å². The molecular weight excluding hydrogens is 245 g/mol. The number of anilines is 1. The third-order valence-corrected chi connectivity index (χ3v) is 3.64. The molecule has 1 aliphatic heterocycles. The molecule has 0 aromatic heterocycles. The molecule has 0 saturated carbocycles. The molecule has 0 radical (unpaired) electrons. The molecule has 1 heterocycles. The molecule has 1 atom stereocenters. The number of aliphatic hydroxyl groups excluding tert-OH is 1. The van der Waals surface area contributed by atoms with Crippen molar-refractivity contribution in [3.05, 3.63) is 29.6 Å². The highest BCUT2D eigenvalue weighted by Gasteiger charge is 2.21. The van der Waals surface area contributed by atoms with E-state index in [2.05, 4.69) is 4.90 Å². The van der Waals surface area contributed by atoms with Crippen LogP contribution in [0.2, 0.25) is 0 Å². The van der Waals surface area contributed by atoms with Crippen LogP contribution in [0.25, 0.3) is 0 Å². The Morgan fingerprint density at radius 2 is 2.11 bits per heavy atom. The topological polar surface area (TPSA) is 32.7 Å². The Hall–Kier alpha value is -1.13. The quantitative estimate of drug-likeness (QED) is 0.910. The van der Waals surface area contributed by atoms with Crippen molar-refractivity contribution in [3.63, 3.8) is 0 Å². The largest absolute Gasteiger partial charge is 0.389 e. The lowest BCUT2D eigenvalue weighted by molar-refractivity contribution is 0.0458. The number of aliphatic hydroxyl groups is 1. The lowest BCUT2D eigenvalue weighted by atomic mass is 10.1. The molecule has 3 nitrogen and oxygen atoms in total. The third kappa shape index (κ3) is 3.45. The van der Waals surface area contributed by atoms with Gasteiger partial charge >= 0.3 is 0 Å². The Kier molecular flexibility index (Phi) is 4.77. The minimum atomic E-state index is -0.632. The van der Waals surface area contributed by atoms with Gasteiger partial charge in [0.15, 0.2) is 0 Å². The third-order valence-electron chi connectivity index (χ3n) is 3.64. The van der Waals surface area contributed by atoms with Gasteiger partial charge in [-0.3, -0.25) is 0 Å². The zero-order valence-corrected chi connectivity index (χ0v) is 11.6. The molecule has 1 aliphatic rings. The standard InChI is InChI=1S/C15H22FNO2/c1-3-19-13-6-8-17(9-7-13)15-5-4-12(11(2)18)10-14(15)16/h4-5,10-11,13,18H,3,6-9H2,1-2H3/t11-/m1/s1. The van der Waals surface area contributed by atoms with Gasteiger partial charge in [0, 0.05) is 19.7 Å². The molecule has 0 bridgehead atoms. The highest BCUT2D eigenvalue weighted by Crippen LogP contribution is 2.26. The van der Waals surface area contributed by atoms with Crippen molar-refractivity contribution in [2.24, 2.45) is 0 Å². The van der Waals surface area contributed by atoms with E-state index in [-0.39, 0.29) is 5.82 Å². The summed E-state index contributed by atoms with van der Waals surface area (Å²) in [6.45, 7) is 6.01. The Morgan fingerprint density at radius 1 is 1.42 bits per heavy atom. The van der Waals surface area contributed by atoms with E-state index in [9.17, 15) is 9.50 Å². The summed E-state index contributed by atoms with van der Waals surface area (Å²) in [4.78, 5) is 2.05. The zero-order valence-electron chi connectivity index (χ0n) is 11.6. The summed E-state index contributed by atoms with van der Waals surface area (Å²) in [5.74, 6) is -0.256. The SMILES string of the molecule is CCOC1CCN(c2ccc([C@@H](C)O)cc2F)CC1. The second-order valence-electron chi connectivity index (χ2n) is 5.03. The van der Waals surface area contributed by atoms with Crippen molar-refractivity contribution in [2.45, 2.75) is 38.9 Å². The normalized spacial score (nSPS) is 18.6. The first-order chi connectivity index (χ1) is 9.11. The number of nitrogens with zero attached hydrogens (tertiary/aromatic N) is 1. The molecule has 0 unspecified atom stereocenters. The number of ether oxygens (including phenoxy) is 1. The van der Waals surface area contributed by atoms with Crippen LogP contribution in [0.15, 0.2) is 18.2 Å². The van der Waals surface area contributed by atoms with Gasteiger partial charge in [0.25, 0.3) is 0 Å². The van der Waals surface area contributed by atoms with Gasteiger partial charge in [0.2, 0.25) is 0 Å². The van der Waals surface area contributed by atoms with Gasteiger partial charge in [-0.25, -0.2) is 4.39 Å². The maximum atomic E-state index is 14.1. The molecule has 2 rings (SSSR count). The second kappa shape index (κ2) is 6.35. The van der Waals surface area contributed by atoms with E-state index < -0.39 is 6.10 Å². The maximum absolute atomic E-state index is 14.1. The van der Waals surface area contributed by atoms with Crippen LogP contribution in [0.3, 0.4) is 0 Å². The molecule has 0 aliphatic carbocycles. The van der Waals surface area contributed by atoms with Crippen molar-refractivity contribution in [1.29, 1.82) is 0 Å². The first-order valence-electron chi connectivity index (χ1n) is 6.96. The predicted octanol–water partition coefficient (Wildman–Crippen LogP) is 2.88. The van der Waals surface area contributed by atoms with Gasteiger partial charge in [-0.05, 0) is 44.4 Å². The summed E-state index contributed by atoms with van der Waals surface area (Å²) in [5.41, 5.74) is 1.24. The van der Waals surface area contributed by atoms with E-state index in [1.165, 1.54) is 6.07 Å². The molecular formula is C15H22FNO2. The summed E-state index contributed by atoms with van der Waals surface area (Å²) in [7, 11) is 0. The molecule has 4 heteroatoms. The second-order valence-corrected chi connectivity index (χ2v) is 5.03. The number of hydrogen-bond donors (Lipinski definition) is 1. The smallest absolute Gasteiger partial charge is 0.146 e. The lowest BCUT2D eigenvalue weighted by Crippen LogP contribution is -2.37. The van der Waals surface area contributed by atoms with E-state index >= 15 is 0 Å². The Labute approximate surface area is 114 Å². The summed E-state index contributed by atoms with van der Waals surface area (Å²) in [6.07, 6.45) is 1.55. The minimum absolute atomic E-state index is 0.256. The van der Waals surface area contributed by atoms with Crippen LogP contribution in [-0.2, 0) is 4.74 Å². The Morgan fingerprint density at radius 3 is 2.63 bits per heavy atom. The van der Waals surface area contributed by atoms with E-state index in [1.54, 1.807) is 19.1 Å². The fraction of sp³-hybridized carbons (Fsp3) is 0.600. The number of hydrogen-bond acceptors (Lipinski definition) is 3. The van der Waals surface area contributed by atoms with Crippen LogP contribution in [0, 0.1) is 5.82 Å². The number of halogens is 1. The van der Waals surface area contributed by atoms with Gasteiger partial charge in [0.05, 0.1) is 17.9 Å². The predicted molar refractivity (Wildman–Crippen MR) is 73.9 cm³/mol. The fourth-order valence-electron chi connectivity index (χ4n) is 2.54. The lowest BCUT2D eigenvalue weighted by Gasteiger charge is -2.33. The molecule has 106 valence electrons. The van der Waals surface area contributed by atoms with Gasteiger partial charge in [-0.1, -0.05) is 6.07 Å². The van der Waals surface area contributed by atoms with Crippen molar-refractivity contribution in [1.82, 2.24) is 0 Å². The molecule has 1 aromatic carbocycles. The number of benzene rings is 1. The van der Waals surface area contributed by atoms with Gasteiger partial charge < -0.3 is 14.7 Å². The Balaban J connectivity index is 2.03. The van der Waals surface area contributed by atoms with Gasteiger partial charge in [-0.15, -0.1) is 0 Å². The monoisotopic (exact) mass is 267 g/mol. The summed E-state index contributed by atoms with van der Waals surface area (Å²) in [5, 5.41) is 9.45. The number of rotatable bonds is 4. The van der Waals surface area contributed by atoms with Gasteiger partial charge in [-0.2, -0.15) is 0 Å². The van der Waals surface area contributed by atoms with Crippen LogP contribution >= 0.6 is 0 Å². The summed E-state index contributed by atoms with van der Waals surface area (Å²) in [6, 6.07) is 4.98. The highest BCUT2D eigenvalue weighted by molar-refractivity contribution is 5.49. The van der Waals surface area contributed by atoms with Crippen LogP contribution in [0.5, 0.6) is 0 Å². The van der Waals surface area contributed by atoms with E-state index in [4.69, 9.17) is 4.74 Å². The highest BCUT2D eigenvalue weighted by atomic mass is 19.1. The molecule has 1 fully saturated rings. The van der Waals surface area contributed by atoms with Crippen LogP contribution in [-0.4, -0.2) is 30.9 Å². The van der Waals surface area contributed by atoms with Crippen molar-refractivity contribution in [2.75, 3.05) is 24.6 Å². The fourth-order valence-corrected chi connectivity index (χ4v) is 2.54. The first-order valence-corrected chi connectivity index (χ1v) is 6.96. The van der Waals surface area contributed by atoms with Crippen LogP contribution in [0.1, 0.15) is 38.4 Å². The first kappa shape index (κ1) is 14.3. The minimum Gasteiger partial charge on any atom is -0.389 e. The van der Waals surface area contributed by atoms with Crippen LogP contribution < -0.4 is 4.90 Å². The molecule has 19 heavy (non-hydrogen) atoms. The average Bonchev–Trinajstić information content (AvgIpc) is 2.40. The van der Waals surface area contributed by atoms with Crippen molar-refractivity contribution in [3.8, 4) is 0 Å². The molecule has 0 amide bonds. The maximum Gasteiger partial charge on any atom is 0.146 e. The molecule has 1 saturated heterocycles. The summed E-state index contributed by atoms with van der Waals surface area (Å²) < 4.78 is 19.7.